The molecule has 1 rings (SSSR count). The summed E-state index contributed by atoms with van der Waals surface area (Å²) in [5.74, 6) is 0.704. The Balaban J connectivity index is 2.33. The smallest absolute Gasteiger partial charge is 0.223 e. The van der Waals surface area contributed by atoms with Crippen molar-refractivity contribution in [3.63, 3.8) is 0 Å². The number of nitrogens with zero attached hydrogens (tertiary/aromatic N) is 1. The number of carbonyl (C=O) groups is 1. The van der Waals surface area contributed by atoms with E-state index in [2.05, 4.69) is 19.2 Å². The van der Waals surface area contributed by atoms with E-state index in [1.807, 2.05) is 0 Å². The zero-order valence-corrected chi connectivity index (χ0v) is 12.3. The van der Waals surface area contributed by atoms with Crippen LogP contribution in [0.15, 0.2) is 0 Å². The molecule has 1 amide bonds. The van der Waals surface area contributed by atoms with E-state index in [0.717, 1.165) is 19.3 Å². The third kappa shape index (κ3) is 5.82. The lowest BCUT2D eigenvalue weighted by atomic mass is 10.1. The highest BCUT2D eigenvalue weighted by Crippen LogP contribution is 2.28. The summed E-state index contributed by atoms with van der Waals surface area (Å²) < 4.78 is 24.6. The summed E-state index contributed by atoms with van der Waals surface area (Å²) in [5.41, 5.74) is 0. The molecule has 106 valence electrons. The zero-order chi connectivity index (χ0) is 13.8. The molecule has 0 aromatic rings. The number of nitrogens with one attached hydrogen (secondary N) is 1. The lowest BCUT2D eigenvalue weighted by molar-refractivity contribution is -0.122. The molecule has 0 aromatic carbocycles. The number of sulfonamides is 1. The molecule has 0 unspecified atom stereocenters. The van der Waals surface area contributed by atoms with Gasteiger partial charge < -0.3 is 5.32 Å². The average molecular weight is 276 g/mol. The Bertz CT molecular complexity index is 375. The monoisotopic (exact) mass is 276 g/mol. The highest BCUT2D eigenvalue weighted by molar-refractivity contribution is 7.88. The fourth-order valence-corrected chi connectivity index (χ4v) is 2.50. The molecular weight excluding hydrogens is 252 g/mol. The van der Waals surface area contributed by atoms with Crippen LogP contribution in [0.5, 0.6) is 0 Å². The molecule has 6 heteroatoms. The highest BCUT2D eigenvalue weighted by Gasteiger charge is 2.29. The number of hydrogen-bond acceptors (Lipinski definition) is 3. The maximum atomic E-state index is 11.6. The molecule has 0 radical (unpaired) electrons. The normalized spacial score (nSPS) is 16.3. The van der Waals surface area contributed by atoms with E-state index in [4.69, 9.17) is 0 Å². The lowest BCUT2D eigenvalue weighted by Crippen LogP contribution is -2.39. The van der Waals surface area contributed by atoms with Crippen molar-refractivity contribution >= 4 is 15.9 Å². The van der Waals surface area contributed by atoms with Crippen molar-refractivity contribution < 1.29 is 13.2 Å². The zero-order valence-electron chi connectivity index (χ0n) is 11.5. The van der Waals surface area contributed by atoms with Gasteiger partial charge in [0.2, 0.25) is 15.9 Å². The summed E-state index contributed by atoms with van der Waals surface area (Å²) in [6.07, 6.45) is 3.99. The van der Waals surface area contributed by atoms with Gasteiger partial charge in [-0.15, -0.1) is 0 Å². The van der Waals surface area contributed by atoms with Crippen molar-refractivity contribution in [2.75, 3.05) is 25.9 Å². The molecule has 1 fully saturated rings. The maximum absolute atomic E-state index is 11.6. The van der Waals surface area contributed by atoms with Crippen LogP contribution in [-0.4, -0.2) is 44.5 Å². The molecule has 0 aromatic heterocycles. The Morgan fingerprint density at radius 2 is 1.94 bits per heavy atom. The number of rotatable bonds is 8. The van der Waals surface area contributed by atoms with Gasteiger partial charge in [-0.1, -0.05) is 13.8 Å². The molecule has 5 nitrogen and oxygen atoms in total. The number of amides is 1. The van der Waals surface area contributed by atoms with Crippen LogP contribution in [0.4, 0.5) is 0 Å². The Labute approximate surface area is 110 Å². The van der Waals surface area contributed by atoms with Crippen molar-refractivity contribution in [3.05, 3.63) is 0 Å². The Morgan fingerprint density at radius 3 is 2.39 bits per heavy atom. The summed E-state index contributed by atoms with van der Waals surface area (Å²) >= 11 is 0. The van der Waals surface area contributed by atoms with E-state index in [-0.39, 0.29) is 11.8 Å². The fourth-order valence-electron chi connectivity index (χ4n) is 1.64. The molecule has 18 heavy (non-hydrogen) atoms. The standard InChI is InChI=1S/C12H24N2O3S/c1-10(2)6-8-14(18(3,16)17)9-7-13-12(15)11-4-5-11/h10-11H,4-9H2,1-3H3,(H,13,15). The predicted octanol–water partition coefficient (Wildman–Crippen LogP) is 0.820. The van der Waals surface area contributed by atoms with E-state index in [1.54, 1.807) is 0 Å². The third-order valence-electron chi connectivity index (χ3n) is 3.03. The number of carbonyl (C=O) groups excluding carboxylic acids is 1. The third-order valence-corrected chi connectivity index (χ3v) is 4.34. The van der Waals surface area contributed by atoms with Gasteiger partial charge >= 0.3 is 0 Å². The van der Waals surface area contributed by atoms with E-state index < -0.39 is 10.0 Å². The fraction of sp³-hybridized carbons (Fsp3) is 0.917. The van der Waals surface area contributed by atoms with Gasteiger partial charge in [-0.05, 0) is 25.2 Å². The average Bonchev–Trinajstić information content (AvgIpc) is 3.03. The molecule has 1 aliphatic rings. The van der Waals surface area contributed by atoms with Gasteiger partial charge in [0.25, 0.3) is 0 Å². The quantitative estimate of drug-likeness (QED) is 0.714. The molecule has 0 saturated heterocycles. The van der Waals surface area contributed by atoms with Crippen molar-refractivity contribution in [2.24, 2.45) is 11.8 Å². The van der Waals surface area contributed by atoms with E-state index >= 15 is 0 Å². The second-order valence-electron chi connectivity index (χ2n) is 5.41. The SMILES string of the molecule is CC(C)CCN(CCNC(=O)C1CC1)S(C)(=O)=O. The van der Waals surface area contributed by atoms with E-state index in [9.17, 15) is 13.2 Å². The first-order valence-corrected chi connectivity index (χ1v) is 8.38. The predicted molar refractivity (Wildman–Crippen MR) is 71.6 cm³/mol. The summed E-state index contributed by atoms with van der Waals surface area (Å²) in [4.78, 5) is 11.4. The minimum atomic E-state index is -3.18. The van der Waals surface area contributed by atoms with Crippen LogP contribution in [0.25, 0.3) is 0 Å². The number of hydrogen-bond donors (Lipinski definition) is 1. The van der Waals surface area contributed by atoms with Crippen molar-refractivity contribution in [3.8, 4) is 0 Å². The molecule has 1 saturated carbocycles. The van der Waals surface area contributed by atoms with Gasteiger partial charge in [0.1, 0.15) is 0 Å². The summed E-state index contributed by atoms with van der Waals surface area (Å²) in [5, 5.41) is 2.79. The van der Waals surface area contributed by atoms with Gasteiger partial charge in [0.05, 0.1) is 6.26 Å². The van der Waals surface area contributed by atoms with Crippen molar-refractivity contribution in [2.45, 2.75) is 33.1 Å². The Morgan fingerprint density at radius 1 is 1.33 bits per heavy atom. The molecule has 1 N–H and O–H groups in total. The van der Waals surface area contributed by atoms with Crippen LogP contribution in [0.1, 0.15) is 33.1 Å². The molecule has 0 spiro atoms. The Kier molecular flexibility index (Phi) is 5.59. The first-order chi connectivity index (χ1) is 8.30. The van der Waals surface area contributed by atoms with E-state index in [1.165, 1.54) is 10.6 Å². The van der Waals surface area contributed by atoms with Gasteiger partial charge in [0, 0.05) is 25.6 Å². The minimum absolute atomic E-state index is 0.0623. The lowest BCUT2D eigenvalue weighted by Gasteiger charge is -2.21. The van der Waals surface area contributed by atoms with Crippen molar-refractivity contribution in [1.82, 2.24) is 9.62 Å². The van der Waals surface area contributed by atoms with Gasteiger partial charge in [-0.3, -0.25) is 4.79 Å². The summed E-state index contributed by atoms with van der Waals surface area (Å²) in [7, 11) is -3.18. The minimum Gasteiger partial charge on any atom is -0.355 e. The van der Waals surface area contributed by atoms with Crippen LogP contribution in [0.2, 0.25) is 0 Å². The molecule has 0 aliphatic heterocycles. The van der Waals surface area contributed by atoms with Crippen LogP contribution in [0, 0.1) is 11.8 Å². The topological polar surface area (TPSA) is 66.5 Å². The summed E-state index contributed by atoms with van der Waals surface area (Å²) in [6, 6.07) is 0. The molecule has 0 heterocycles. The summed E-state index contributed by atoms with van der Waals surface area (Å²) in [6.45, 7) is 5.42. The van der Waals surface area contributed by atoms with Gasteiger partial charge in [-0.25, -0.2) is 12.7 Å². The molecular formula is C12H24N2O3S. The maximum Gasteiger partial charge on any atom is 0.223 e. The molecule has 0 atom stereocenters. The molecule has 0 bridgehead atoms. The highest BCUT2D eigenvalue weighted by atomic mass is 32.2. The first kappa shape index (κ1) is 15.4. The van der Waals surface area contributed by atoms with Gasteiger partial charge in [0.15, 0.2) is 0 Å². The van der Waals surface area contributed by atoms with Crippen LogP contribution in [0.3, 0.4) is 0 Å². The largest absolute Gasteiger partial charge is 0.355 e. The van der Waals surface area contributed by atoms with Crippen LogP contribution >= 0.6 is 0 Å². The molecule has 1 aliphatic carbocycles. The second kappa shape index (κ2) is 6.52. The van der Waals surface area contributed by atoms with Gasteiger partial charge in [-0.2, -0.15) is 0 Å². The van der Waals surface area contributed by atoms with E-state index in [0.29, 0.717) is 25.6 Å². The Hall–Kier alpha value is -0.620. The van der Waals surface area contributed by atoms with Crippen LogP contribution < -0.4 is 5.32 Å². The second-order valence-corrected chi connectivity index (χ2v) is 7.39. The van der Waals surface area contributed by atoms with Crippen molar-refractivity contribution in [1.29, 1.82) is 0 Å². The van der Waals surface area contributed by atoms with Crippen LogP contribution in [-0.2, 0) is 14.8 Å². The first-order valence-electron chi connectivity index (χ1n) is 6.53.